The molecule has 1 aliphatic heterocycles. The lowest BCUT2D eigenvalue weighted by molar-refractivity contribution is -0.119. The molecule has 2 aliphatic rings. The Hall–Kier alpha value is -1.91. The van der Waals surface area contributed by atoms with Crippen LogP contribution < -0.4 is 10.5 Å². The number of nitroso groups, excluding NO2 is 1. The van der Waals surface area contributed by atoms with Crippen molar-refractivity contribution in [1.82, 2.24) is 0 Å². The van der Waals surface area contributed by atoms with Crippen LogP contribution in [0.1, 0.15) is 37.3 Å². The summed E-state index contributed by atoms with van der Waals surface area (Å²) in [6.07, 6.45) is 1.45. The molecular weight excluding hydrogens is 244 g/mol. The molecule has 1 aromatic carbocycles. The van der Waals surface area contributed by atoms with Crippen LogP contribution in [0.5, 0.6) is 5.75 Å². The van der Waals surface area contributed by atoms with Gasteiger partial charge in [-0.15, -0.1) is 4.91 Å². The molecule has 5 heteroatoms. The zero-order valence-electron chi connectivity index (χ0n) is 11.0. The molecule has 1 fully saturated rings. The van der Waals surface area contributed by atoms with E-state index in [0.29, 0.717) is 12.1 Å². The van der Waals surface area contributed by atoms with Crippen LogP contribution in [0, 0.1) is 10.8 Å². The highest BCUT2D eigenvalue weighted by Crippen LogP contribution is 2.52. The molecule has 0 saturated heterocycles. The van der Waals surface area contributed by atoms with Gasteiger partial charge in [-0.2, -0.15) is 0 Å². The molecule has 0 unspecified atom stereocenters. The van der Waals surface area contributed by atoms with Gasteiger partial charge in [-0.05, 0) is 49.1 Å². The maximum atomic E-state index is 11.2. The first-order valence-corrected chi connectivity index (χ1v) is 6.40. The Kier molecular flexibility index (Phi) is 2.42. The van der Waals surface area contributed by atoms with Crippen LogP contribution >= 0.6 is 0 Å². The quantitative estimate of drug-likeness (QED) is 0.847. The van der Waals surface area contributed by atoms with Crippen LogP contribution in [0.3, 0.4) is 0 Å². The third-order valence-electron chi connectivity index (χ3n) is 3.87. The van der Waals surface area contributed by atoms with Crippen LogP contribution in [-0.2, 0) is 11.2 Å². The lowest BCUT2D eigenvalue weighted by atomic mass is 9.98. The molecule has 0 aromatic heterocycles. The number of ether oxygens (including phenoxy) is 1. The molecule has 0 bridgehead atoms. The summed E-state index contributed by atoms with van der Waals surface area (Å²) in [5.41, 5.74) is 7.24. The van der Waals surface area contributed by atoms with E-state index in [0.717, 1.165) is 23.3 Å². The number of hydrogen-bond donors (Lipinski definition) is 1. The van der Waals surface area contributed by atoms with Crippen LogP contribution in [0.15, 0.2) is 17.3 Å². The van der Waals surface area contributed by atoms with Crippen molar-refractivity contribution < 1.29 is 9.53 Å². The molecule has 1 saturated carbocycles. The third kappa shape index (κ3) is 1.99. The normalized spacial score (nSPS) is 26.4. The number of rotatable bonds is 3. The largest absolute Gasteiger partial charge is 0.487 e. The van der Waals surface area contributed by atoms with Gasteiger partial charge in [0, 0.05) is 17.9 Å². The van der Waals surface area contributed by atoms with Gasteiger partial charge < -0.3 is 10.5 Å². The first-order valence-electron chi connectivity index (χ1n) is 6.40. The molecule has 2 N–H and O–H groups in total. The van der Waals surface area contributed by atoms with Gasteiger partial charge in [-0.25, -0.2) is 0 Å². The summed E-state index contributed by atoms with van der Waals surface area (Å²) in [7, 11) is 0. The van der Waals surface area contributed by atoms with Gasteiger partial charge in [0.1, 0.15) is 17.0 Å². The minimum Gasteiger partial charge on any atom is -0.487 e. The van der Waals surface area contributed by atoms with Crippen molar-refractivity contribution >= 4 is 11.6 Å². The second-order valence-corrected chi connectivity index (χ2v) is 6.00. The Morgan fingerprint density at radius 2 is 2.21 bits per heavy atom. The number of primary amides is 1. The molecular formula is C14H16N2O3. The number of carbonyl (C=O) groups excluding carboxylic acids is 1. The number of nitrogens with zero attached hydrogens (tertiary/aromatic N) is 1. The van der Waals surface area contributed by atoms with Crippen LogP contribution in [-0.4, -0.2) is 11.5 Å². The molecule has 19 heavy (non-hydrogen) atoms. The highest BCUT2D eigenvalue weighted by molar-refractivity contribution is 5.82. The topological polar surface area (TPSA) is 81.8 Å². The van der Waals surface area contributed by atoms with Gasteiger partial charge in [-0.3, -0.25) is 4.79 Å². The van der Waals surface area contributed by atoms with Crippen molar-refractivity contribution in [2.45, 2.75) is 38.2 Å². The Bertz CT molecular complexity index is 580. The van der Waals surface area contributed by atoms with E-state index in [-0.39, 0.29) is 23.3 Å². The second-order valence-electron chi connectivity index (χ2n) is 6.00. The second kappa shape index (κ2) is 3.79. The molecule has 5 nitrogen and oxygen atoms in total. The molecule has 0 spiro atoms. The molecule has 1 aromatic rings. The van der Waals surface area contributed by atoms with Gasteiger partial charge in [0.15, 0.2) is 0 Å². The lowest BCUT2D eigenvalue weighted by Gasteiger charge is -2.16. The van der Waals surface area contributed by atoms with Crippen LogP contribution in [0.25, 0.3) is 0 Å². The van der Waals surface area contributed by atoms with Gasteiger partial charge in [0.05, 0.1) is 0 Å². The Morgan fingerprint density at radius 1 is 1.47 bits per heavy atom. The van der Waals surface area contributed by atoms with E-state index in [2.05, 4.69) is 5.18 Å². The Morgan fingerprint density at radius 3 is 2.79 bits per heavy atom. The van der Waals surface area contributed by atoms with E-state index in [9.17, 15) is 9.70 Å². The number of benzene rings is 1. The maximum Gasteiger partial charge on any atom is 0.221 e. The number of fused-ring (bicyclic) bond motifs is 1. The molecule has 0 radical (unpaired) electrons. The van der Waals surface area contributed by atoms with Gasteiger partial charge in [0.25, 0.3) is 0 Å². The summed E-state index contributed by atoms with van der Waals surface area (Å²) < 4.78 is 5.85. The highest BCUT2D eigenvalue weighted by atomic mass is 16.5. The number of carbonyl (C=O) groups is 1. The molecule has 3 rings (SSSR count). The molecule has 1 amide bonds. The van der Waals surface area contributed by atoms with E-state index in [1.165, 1.54) is 0 Å². The first kappa shape index (κ1) is 12.1. The van der Waals surface area contributed by atoms with E-state index in [1.54, 1.807) is 6.07 Å². The zero-order chi connectivity index (χ0) is 13.8. The smallest absolute Gasteiger partial charge is 0.221 e. The SMILES string of the molecule is CC1(C)Cc2cc(N=O)c([C@@H]3C[C@H]3C(N)=O)cc2O1. The fourth-order valence-corrected chi connectivity index (χ4v) is 2.88. The van der Waals surface area contributed by atoms with E-state index in [1.807, 2.05) is 19.9 Å². The van der Waals surface area contributed by atoms with Crippen molar-refractivity contribution in [3.8, 4) is 5.75 Å². The van der Waals surface area contributed by atoms with Crippen molar-refractivity contribution in [2.75, 3.05) is 0 Å². The summed E-state index contributed by atoms with van der Waals surface area (Å²) in [4.78, 5) is 22.2. The van der Waals surface area contributed by atoms with Crippen LogP contribution in [0.4, 0.5) is 5.69 Å². The highest BCUT2D eigenvalue weighted by Gasteiger charge is 2.45. The van der Waals surface area contributed by atoms with Crippen molar-refractivity contribution in [1.29, 1.82) is 0 Å². The first-order chi connectivity index (χ1) is 8.91. The van der Waals surface area contributed by atoms with Gasteiger partial charge >= 0.3 is 0 Å². The molecule has 1 aliphatic carbocycles. The van der Waals surface area contributed by atoms with Gasteiger partial charge in [0.2, 0.25) is 5.91 Å². The minimum atomic E-state index is -0.316. The summed E-state index contributed by atoms with van der Waals surface area (Å²) in [6, 6.07) is 3.64. The van der Waals surface area contributed by atoms with Crippen molar-refractivity contribution in [3.63, 3.8) is 0 Å². The predicted octanol–water partition coefficient (Wildman–Crippen LogP) is 2.39. The summed E-state index contributed by atoms with van der Waals surface area (Å²) in [5.74, 6) is 0.321. The third-order valence-corrected chi connectivity index (χ3v) is 3.87. The fraction of sp³-hybridized carbons (Fsp3) is 0.500. The number of amides is 1. The fourth-order valence-electron chi connectivity index (χ4n) is 2.88. The molecule has 2 atom stereocenters. The van der Waals surface area contributed by atoms with Crippen molar-refractivity contribution in [3.05, 3.63) is 28.2 Å². The maximum absolute atomic E-state index is 11.2. The summed E-state index contributed by atoms with van der Waals surface area (Å²) in [6.45, 7) is 4.01. The van der Waals surface area contributed by atoms with Crippen molar-refractivity contribution in [2.24, 2.45) is 16.8 Å². The van der Waals surface area contributed by atoms with E-state index < -0.39 is 0 Å². The Labute approximate surface area is 111 Å². The predicted molar refractivity (Wildman–Crippen MR) is 70.4 cm³/mol. The average Bonchev–Trinajstić information content (AvgIpc) is 3.04. The average molecular weight is 260 g/mol. The van der Waals surface area contributed by atoms with E-state index in [4.69, 9.17) is 10.5 Å². The lowest BCUT2D eigenvalue weighted by Crippen LogP contribution is -2.24. The Balaban J connectivity index is 1.99. The zero-order valence-corrected chi connectivity index (χ0v) is 11.0. The standard InChI is InChI=1S/C14H16N2O3/c1-14(2)6-7-3-11(16-18)9(5-12(7)19-14)8-4-10(8)13(15)17/h3,5,8,10H,4,6H2,1-2H3,(H2,15,17)/t8-,10+/m0/s1. The van der Waals surface area contributed by atoms with E-state index >= 15 is 0 Å². The van der Waals surface area contributed by atoms with Gasteiger partial charge in [-0.1, -0.05) is 0 Å². The minimum absolute atomic E-state index is 0.0165. The molecule has 1 heterocycles. The molecule has 100 valence electrons. The number of nitrogens with two attached hydrogens (primary N) is 1. The summed E-state index contributed by atoms with van der Waals surface area (Å²) in [5, 5.41) is 3.09. The summed E-state index contributed by atoms with van der Waals surface area (Å²) >= 11 is 0. The van der Waals surface area contributed by atoms with Crippen LogP contribution in [0.2, 0.25) is 0 Å². The monoisotopic (exact) mass is 260 g/mol. The number of hydrogen-bond acceptors (Lipinski definition) is 4.